The van der Waals surface area contributed by atoms with Crippen LogP contribution in [0.4, 0.5) is 0 Å². The molecule has 3 heterocycles. The van der Waals surface area contributed by atoms with Gasteiger partial charge in [0.25, 0.3) is 5.91 Å². The lowest BCUT2D eigenvalue weighted by Gasteiger charge is -2.37. The van der Waals surface area contributed by atoms with Gasteiger partial charge in [-0.2, -0.15) is 0 Å². The van der Waals surface area contributed by atoms with Crippen LogP contribution >= 0.6 is 0 Å². The van der Waals surface area contributed by atoms with Crippen molar-refractivity contribution in [2.24, 2.45) is 4.99 Å². The lowest BCUT2D eigenvalue weighted by molar-refractivity contribution is -0.133. The number of carbonyl (C=O) groups is 2. The van der Waals surface area contributed by atoms with E-state index in [1.807, 2.05) is 11.8 Å². The molecular formula is C23H38N6O3. The van der Waals surface area contributed by atoms with E-state index in [2.05, 4.69) is 27.4 Å². The van der Waals surface area contributed by atoms with Crippen molar-refractivity contribution in [3.63, 3.8) is 0 Å². The second kappa shape index (κ2) is 12.5. The molecule has 2 aliphatic heterocycles. The second-order valence-corrected chi connectivity index (χ2v) is 8.48. The van der Waals surface area contributed by atoms with Crippen molar-refractivity contribution in [3.05, 3.63) is 23.7 Å². The molecule has 32 heavy (non-hydrogen) atoms. The van der Waals surface area contributed by atoms with Gasteiger partial charge < -0.3 is 24.9 Å². The number of nitrogens with one attached hydrogen (secondary N) is 2. The Morgan fingerprint density at radius 2 is 1.78 bits per heavy atom. The molecule has 1 aromatic heterocycles. The summed E-state index contributed by atoms with van der Waals surface area (Å²) in [7, 11) is 0. The molecule has 0 aliphatic carbocycles. The number of hydrogen-bond donors (Lipinski definition) is 2. The summed E-state index contributed by atoms with van der Waals surface area (Å²) in [6, 6.07) is 1.78. The highest BCUT2D eigenvalue weighted by Crippen LogP contribution is 2.11. The molecule has 0 aromatic carbocycles. The lowest BCUT2D eigenvalue weighted by Crippen LogP contribution is -2.54. The van der Waals surface area contributed by atoms with Crippen LogP contribution in [0, 0.1) is 6.92 Å². The molecule has 2 saturated heterocycles. The maximum Gasteiger partial charge on any atom is 0.287 e. The molecule has 0 atom stereocenters. The van der Waals surface area contributed by atoms with Crippen LogP contribution in [0.3, 0.4) is 0 Å². The first-order chi connectivity index (χ1) is 15.6. The van der Waals surface area contributed by atoms with Gasteiger partial charge in [0, 0.05) is 64.5 Å². The summed E-state index contributed by atoms with van der Waals surface area (Å²) in [5, 5.41) is 6.25. The number of rotatable bonds is 8. The Bertz CT molecular complexity index is 764. The maximum atomic E-state index is 12.5. The van der Waals surface area contributed by atoms with Crippen molar-refractivity contribution in [2.45, 2.75) is 39.5 Å². The summed E-state index contributed by atoms with van der Waals surface area (Å²) in [4.78, 5) is 35.9. The zero-order chi connectivity index (χ0) is 22.8. The fourth-order valence-electron chi connectivity index (χ4n) is 4.13. The molecule has 0 saturated carbocycles. The standard InChI is InChI=1S/C23H38N6O3/c1-3-24-23(26-10-7-9-25-22(31)21-19(2)8-17-32-21)29-15-13-27(14-16-29)18-20(30)28-11-5-4-6-12-28/h8,17H,3-7,9-16,18H2,1-2H3,(H,24,26)(H,25,31). The van der Waals surface area contributed by atoms with Crippen LogP contribution in [-0.4, -0.2) is 97.9 Å². The average Bonchev–Trinajstić information content (AvgIpc) is 3.25. The second-order valence-electron chi connectivity index (χ2n) is 8.48. The molecule has 0 spiro atoms. The van der Waals surface area contributed by atoms with Crippen molar-refractivity contribution in [3.8, 4) is 0 Å². The van der Waals surface area contributed by atoms with E-state index in [4.69, 9.17) is 9.41 Å². The molecule has 2 aliphatic rings. The Morgan fingerprint density at radius 1 is 1.03 bits per heavy atom. The van der Waals surface area contributed by atoms with Gasteiger partial charge >= 0.3 is 0 Å². The monoisotopic (exact) mass is 446 g/mol. The molecule has 2 N–H and O–H groups in total. The first-order valence-corrected chi connectivity index (χ1v) is 11.9. The summed E-state index contributed by atoms with van der Waals surface area (Å²) in [5.74, 6) is 1.37. The number of amides is 2. The topological polar surface area (TPSA) is 93.4 Å². The number of furan rings is 1. The number of piperidine rings is 1. The molecule has 0 bridgehead atoms. The number of piperazine rings is 1. The number of aryl methyl sites for hydroxylation is 1. The summed E-state index contributed by atoms with van der Waals surface area (Å²) >= 11 is 0. The van der Waals surface area contributed by atoms with Crippen molar-refractivity contribution in [2.75, 3.05) is 65.4 Å². The summed E-state index contributed by atoms with van der Waals surface area (Å²) in [6.45, 7) is 11.7. The van der Waals surface area contributed by atoms with Gasteiger partial charge in [0.15, 0.2) is 11.7 Å². The normalized spacial score (nSPS) is 18.0. The zero-order valence-corrected chi connectivity index (χ0v) is 19.6. The number of likely N-dealkylation sites (tertiary alicyclic amines) is 1. The summed E-state index contributed by atoms with van der Waals surface area (Å²) in [6.07, 6.45) is 5.79. The quantitative estimate of drug-likeness (QED) is 0.355. The highest BCUT2D eigenvalue weighted by atomic mass is 16.3. The van der Waals surface area contributed by atoms with Gasteiger partial charge in [-0.15, -0.1) is 0 Å². The molecule has 178 valence electrons. The van der Waals surface area contributed by atoms with Crippen LogP contribution in [0.2, 0.25) is 0 Å². The molecule has 9 nitrogen and oxygen atoms in total. The minimum Gasteiger partial charge on any atom is -0.459 e. The molecule has 2 fully saturated rings. The Kier molecular flexibility index (Phi) is 9.40. The van der Waals surface area contributed by atoms with Crippen LogP contribution in [0.15, 0.2) is 21.7 Å². The third-order valence-electron chi connectivity index (χ3n) is 6.02. The molecule has 9 heteroatoms. The predicted octanol–water partition coefficient (Wildman–Crippen LogP) is 1.30. The van der Waals surface area contributed by atoms with Crippen molar-refractivity contribution in [1.29, 1.82) is 0 Å². The lowest BCUT2D eigenvalue weighted by atomic mass is 10.1. The smallest absolute Gasteiger partial charge is 0.287 e. The first kappa shape index (κ1) is 24.1. The maximum absolute atomic E-state index is 12.5. The minimum absolute atomic E-state index is 0.182. The largest absolute Gasteiger partial charge is 0.459 e. The van der Waals surface area contributed by atoms with Crippen molar-refractivity contribution < 1.29 is 14.0 Å². The van der Waals surface area contributed by atoms with Gasteiger partial charge in [-0.3, -0.25) is 19.5 Å². The Morgan fingerprint density at radius 3 is 2.44 bits per heavy atom. The summed E-state index contributed by atoms with van der Waals surface area (Å²) < 4.78 is 5.22. The number of guanidine groups is 1. The minimum atomic E-state index is -0.182. The Hall–Kier alpha value is -2.55. The van der Waals surface area contributed by atoms with Crippen LogP contribution in [0.25, 0.3) is 0 Å². The highest BCUT2D eigenvalue weighted by Gasteiger charge is 2.24. The van der Waals surface area contributed by atoms with E-state index in [1.165, 1.54) is 12.7 Å². The van der Waals surface area contributed by atoms with Crippen LogP contribution in [0.5, 0.6) is 0 Å². The fourth-order valence-corrected chi connectivity index (χ4v) is 4.13. The van der Waals surface area contributed by atoms with Gasteiger partial charge in [-0.1, -0.05) is 0 Å². The Balaban J connectivity index is 1.38. The van der Waals surface area contributed by atoms with Crippen LogP contribution in [-0.2, 0) is 4.79 Å². The number of hydrogen-bond acceptors (Lipinski definition) is 5. The molecule has 2 amide bonds. The predicted molar refractivity (Wildman–Crippen MR) is 125 cm³/mol. The third kappa shape index (κ3) is 6.98. The Labute approximate surface area is 191 Å². The van der Waals surface area contributed by atoms with Crippen LogP contribution in [0.1, 0.15) is 48.7 Å². The van der Waals surface area contributed by atoms with Gasteiger partial charge in [-0.25, -0.2) is 0 Å². The summed E-state index contributed by atoms with van der Waals surface area (Å²) in [5.41, 5.74) is 0.840. The van der Waals surface area contributed by atoms with Crippen molar-refractivity contribution >= 4 is 17.8 Å². The van der Waals surface area contributed by atoms with Crippen molar-refractivity contribution in [1.82, 2.24) is 25.3 Å². The van der Waals surface area contributed by atoms with E-state index in [0.29, 0.717) is 25.4 Å². The van der Waals surface area contributed by atoms with Gasteiger partial charge in [0.2, 0.25) is 5.91 Å². The SMILES string of the molecule is CCNC(=NCCCNC(=O)c1occc1C)N1CCN(CC(=O)N2CCCCC2)CC1. The van der Waals surface area contributed by atoms with Gasteiger partial charge in [0.05, 0.1) is 12.8 Å². The fraction of sp³-hybridized carbons (Fsp3) is 0.696. The van der Waals surface area contributed by atoms with Gasteiger partial charge in [0.1, 0.15) is 0 Å². The van der Waals surface area contributed by atoms with E-state index >= 15 is 0 Å². The van der Waals surface area contributed by atoms with E-state index < -0.39 is 0 Å². The van der Waals surface area contributed by atoms with E-state index in [-0.39, 0.29) is 11.8 Å². The molecule has 0 unspecified atom stereocenters. The van der Waals surface area contributed by atoms with E-state index in [1.54, 1.807) is 6.07 Å². The highest BCUT2D eigenvalue weighted by molar-refractivity contribution is 5.92. The molecule has 0 radical (unpaired) electrons. The first-order valence-electron chi connectivity index (χ1n) is 11.9. The van der Waals surface area contributed by atoms with Crippen LogP contribution < -0.4 is 10.6 Å². The zero-order valence-electron chi connectivity index (χ0n) is 19.6. The van der Waals surface area contributed by atoms with E-state index in [9.17, 15) is 9.59 Å². The molecular weight excluding hydrogens is 408 g/mol. The number of nitrogens with zero attached hydrogens (tertiary/aromatic N) is 4. The number of aliphatic imine (C=N–C) groups is 1. The number of carbonyl (C=O) groups excluding carboxylic acids is 2. The molecule has 1 aromatic rings. The molecule has 3 rings (SSSR count). The van der Waals surface area contributed by atoms with E-state index in [0.717, 1.165) is 76.6 Å². The average molecular weight is 447 g/mol. The third-order valence-corrected chi connectivity index (χ3v) is 6.02. The van der Waals surface area contributed by atoms with Gasteiger partial charge in [-0.05, 0) is 45.6 Å².